The summed E-state index contributed by atoms with van der Waals surface area (Å²) >= 11 is 1.43. The molecular formula is C26H30N2O5S. The van der Waals surface area contributed by atoms with E-state index in [1.807, 2.05) is 81.4 Å². The van der Waals surface area contributed by atoms with Crippen molar-refractivity contribution in [2.45, 2.75) is 56.2 Å². The number of amides is 2. The minimum atomic E-state index is -1.46. The van der Waals surface area contributed by atoms with Crippen LogP contribution in [0, 0.1) is 5.92 Å². The highest BCUT2D eigenvalue weighted by molar-refractivity contribution is 8.01. The second kappa shape index (κ2) is 9.80. The topological polar surface area (TPSA) is 87.2 Å². The van der Waals surface area contributed by atoms with Crippen LogP contribution in [0.4, 0.5) is 0 Å². The van der Waals surface area contributed by atoms with E-state index in [-0.39, 0.29) is 12.5 Å². The zero-order chi connectivity index (χ0) is 24.5. The van der Waals surface area contributed by atoms with Gasteiger partial charge in [0.1, 0.15) is 24.7 Å². The van der Waals surface area contributed by atoms with Crippen molar-refractivity contribution in [1.29, 1.82) is 0 Å². The third-order valence-corrected chi connectivity index (χ3v) is 8.02. The predicted molar refractivity (Wildman–Crippen MR) is 129 cm³/mol. The number of aliphatic hydroxyl groups is 1. The maximum absolute atomic E-state index is 13.1. The van der Waals surface area contributed by atoms with Crippen LogP contribution in [0.5, 0.6) is 0 Å². The van der Waals surface area contributed by atoms with Crippen LogP contribution >= 0.6 is 11.8 Å². The van der Waals surface area contributed by atoms with E-state index in [9.17, 15) is 19.5 Å². The van der Waals surface area contributed by atoms with Crippen molar-refractivity contribution in [1.82, 2.24) is 9.80 Å². The minimum absolute atomic E-state index is 0.124. The highest BCUT2D eigenvalue weighted by Gasteiger charge is 2.66. The summed E-state index contributed by atoms with van der Waals surface area (Å²) in [5.74, 6) is -2.22. The quantitative estimate of drug-likeness (QED) is 0.460. The number of carbonyl (C=O) groups is 3. The molecule has 34 heavy (non-hydrogen) atoms. The number of thioether (sulfide) groups is 1. The van der Waals surface area contributed by atoms with E-state index in [2.05, 4.69) is 0 Å². The number of esters is 1. The number of nitrogens with zero attached hydrogens (tertiary/aromatic N) is 2. The molecule has 1 N–H and O–H groups in total. The number of aliphatic hydroxyl groups excluding tert-OH is 1. The maximum Gasteiger partial charge on any atom is 0.330 e. The fraction of sp³-hybridized carbons (Fsp3) is 0.423. The van der Waals surface area contributed by atoms with E-state index in [4.69, 9.17) is 4.74 Å². The monoisotopic (exact) mass is 482 g/mol. The summed E-state index contributed by atoms with van der Waals surface area (Å²) in [5.41, 5.74) is 1.81. The van der Waals surface area contributed by atoms with Crippen LogP contribution in [0.3, 0.4) is 0 Å². The molecule has 2 saturated heterocycles. The van der Waals surface area contributed by atoms with E-state index in [1.54, 1.807) is 4.90 Å². The minimum Gasteiger partial charge on any atom is -0.459 e. The predicted octanol–water partition coefficient (Wildman–Crippen LogP) is 2.82. The van der Waals surface area contributed by atoms with E-state index in [1.165, 1.54) is 16.7 Å². The van der Waals surface area contributed by atoms with Gasteiger partial charge in [0.05, 0.1) is 5.37 Å². The molecular weight excluding hydrogens is 452 g/mol. The van der Waals surface area contributed by atoms with Gasteiger partial charge in [0, 0.05) is 17.8 Å². The van der Waals surface area contributed by atoms with Crippen LogP contribution in [0.25, 0.3) is 0 Å². The van der Waals surface area contributed by atoms with Gasteiger partial charge in [-0.05, 0) is 31.9 Å². The molecule has 2 aliphatic rings. The molecule has 2 heterocycles. The highest BCUT2D eigenvalue weighted by atomic mass is 32.2. The first kappa shape index (κ1) is 24.3. The Kier molecular flexibility index (Phi) is 7.00. The number of hydrogen-bond acceptors (Lipinski definition) is 6. The Hall–Kier alpha value is -2.84. The zero-order valence-corrected chi connectivity index (χ0v) is 20.4. The van der Waals surface area contributed by atoms with Crippen molar-refractivity contribution in [2.75, 3.05) is 6.54 Å². The van der Waals surface area contributed by atoms with Gasteiger partial charge in [-0.3, -0.25) is 9.59 Å². The molecule has 0 unspecified atom stereocenters. The van der Waals surface area contributed by atoms with E-state index in [0.717, 1.165) is 11.1 Å². The summed E-state index contributed by atoms with van der Waals surface area (Å²) < 4.78 is 4.92. The molecule has 8 heteroatoms. The molecule has 2 amide bonds. The first-order valence-electron chi connectivity index (χ1n) is 11.5. The molecule has 0 radical (unpaired) electrons. The molecule has 4 atom stereocenters. The summed E-state index contributed by atoms with van der Waals surface area (Å²) in [6.07, 6.45) is -1.46. The molecule has 0 spiro atoms. The van der Waals surface area contributed by atoms with Gasteiger partial charge in [-0.15, -0.1) is 11.8 Å². The molecule has 0 aromatic heterocycles. The SMILES string of the molecule is CCN(Cc1ccccc1)C(=O)[C@@H](O)[C@@H]1C(=O)N2[C@@H]1SC(C)(C)[C@@H]2C(=O)OCc1ccccc1. The Morgan fingerprint density at radius 3 is 2.26 bits per heavy atom. The second-order valence-electron chi connectivity index (χ2n) is 9.16. The van der Waals surface area contributed by atoms with Gasteiger partial charge in [0.2, 0.25) is 5.91 Å². The van der Waals surface area contributed by atoms with Crippen LogP contribution in [-0.4, -0.2) is 61.5 Å². The first-order chi connectivity index (χ1) is 16.2. The normalized spacial score (nSPS) is 23.6. The van der Waals surface area contributed by atoms with Crippen LogP contribution in [0.15, 0.2) is 60.7 Å². The first-order valence-corrected chi connectivity index (χ1v) is 12.3. The summed E-state index contributed by atoms with van der Waals surface area (Å²) in [4.78, 5) is 42.2. The van der Waals surface area contributed by atoms with Crippen LogP contribution in [0.2, 0.25) is 0 Å². The average molecular weight is 483 g/mol. The summed E-state index contributed by atoms with van der Waals surface area (Å²) in [6, 6.07) is 18.1. The van der Waals surface area contributed by atoms with Crippen molar-refractivity contribution in [2.24, 2.45) is 5.92 Å². The van der Waals surface area contributed by atoms with Gasteiger partial charge in [0.25, 0.3) is 5.91 Å². The van der Waals surface area contributed by atoms with Gasteiger partial charge in [-0.25, -0.2) is 4.79 Å². The molecule has 180 valence electrons. The lowest BCUT2D eigenvalue weighted by atomic mass is 9.87. The van der Waals surface area contributed by atoms with Crippen molar-refractivity contribution < 1.29 is 24.2 Å². The van der Waals surface area contributed by atoms with Crippen molar-refractivity contribution in [3.05, 3.63) is 71.8 Å². The third kappa shape index (κ3) is 4.57. The van der Waals surface area contributed by atoms with Crippen molar-refractivity contribution in [3.63, 3.8) is 0 Å². The zero-order valence-electron chi connectivity index (χ0n) is 19.6. The van der Waals surface area contributed by atoms with E-state index >= 15 is 0 Å². The molecule has 2 aromatic carbocycles. The Balaban J connectivity index is 1.43. The molecule has 0 saturated carbocycles. The van der Waals surface area contributed by atoms with Crippen LogP contribution in [0.1, 0.15) is 31.9 Å². The molecule has 2 aliphatic heterocycles. The Bertz CT molecular complexity index is 1050. The molecule has 2 aromatic rings. The number of β-lactam (4-membered cyclic amide) rings is 1. The van der Waals surface area contributed by atoms with Gasteiger partial charge in [-0.2, -0.15) is 0 Å². The molecule has 0 bridgehead atoms. The van der Waals surface area contributed by atoms with Crippen molar-refractivity contribution in [3.8, 4) is 0 Å². The lowest BCUT2D eigenvalue weighted by Gasteiger charge is -2.45. The lowest BCUT2D eigenvalue weighted by Crippen LogP contribution is -2.67. The smallest absolute Gasteiger partial charge is 0.330 e. The lowest BCUT2D eigenvalue weighted by molar-refractivity contribution is -0.175. The number of carbonyl (C=O) groups excluding carboxylic acids is 3. The summed E-state index contributed by atoms with van der Waals surface area (Å²) in [7, 11) is 0. The van der Waals surface area contributed by atoms with Gasteiger partial charge in [-0.1, -0.05) is 60.7 Å². The van der Waals surface area contributed by atoms with Gasteiger partial charge >= 0.3 is 5.97 Å². The fourth-order valence-electron chi connectivity index (χ4n) is 4.61. The Morgan fingerprint density at radius 1 is 1.09 bits per heavy atom. The number of benzene rings is 2. The molecule has 7 nitrogen and oxygen atoms in total. The standard InChI is InChI=1S/C26H30N2O5S/c1-4-27(15-17-11-7-5-8-12-17)23(31)20(29)19-22(30)28-21(26(2,3)34-24(19)28)25(32)33-16-18-13-9-6-10-14-18/h5-14,19-21,24,29H,4,15-16H2,1-3H3/t19-,20+,21+,24-/m1/s1. The Labute approximate surface area is 204 Å². The third-order valence-electron chi connectivity index (χ3n) is 6.43. The molecule has 0 aliphatic carbocycles. The van der Waals surface area contributed by atoms with Crippen LogP contribution < -0.4 is 0 Å². The second-order valence-corrected chi connectivity index (χ2v) is 10.9. The Morgan fingerprint density at radius 2 is 1.68 bits per heavy atom. The maximum atomic E-state index is 13.1. The van der Waals surface area contributed by atoms with Gasteiger partial charge in [0.15, 0.2) is 0 Å². The summed E-state index contributed by atoms with van der Waals surface area (Å²) in [6.45, 7) is 6.50. The van der Waals surface area contributed by atoms with Crippen molar-refractivity contribution >= 4 is 29.5 Å². The number of rotatable bonds is 8. The molecule has 4 rings (SSSR count). The largest absolute Gasteiger partial charge is 0.459 e. The number of hydrogen-bond donors (Lipinski definition) is 1. The van der Waals surface area contributed by atoms with E-state index < -0.39 is 40.1 Å². The fourth-order valence-corrected chi connectivity index (χ4v) is 6.32. The van der Waals surface area contributed by atoms with Gasteiger partial charge < -0.3 is 19.6 Å². The number of fused-ring (bicyclic) bond motifs is 1. The van der Waals surface area contributed by atoms with E-state index in [0.29, 0.717) is 13.1 Å². The molecule has 2 fully saturated rings. The number of likely N-dealkylation sites (N-methyl/N-ethyl adjacent to an activating group) is 1. The van der Waals surface area contributed by atoms with Crippen LogP contribution in [-0.2, 0) is 32.3 Å². The average Bonchev–Trinajstić information content (AvgIpc) is 3.08. The summed E-state index contributed by atoms with van der Waals surface area (Å²) in [5, 5.41) is 10.5. The number of ether oxygens (including phenoxy) is 1. The highest BCUT2D eigenvalue weighted by Crippen LogP contribution is 2.54.